The normalized spacial score (nSPS) is 24.3. The zero-order chi connectivity index (χ0) is 14.5. The van der Waals surface area contributed by atoms with Crippen LogP contribution in [0, 0.1) is 0 Å². The maximum atomic E-state index is 9.75. The molecule has 0 spiro atoms. The number of likely N-dealkylation sites (tertiary alicyclic amines) is 1. The second-order valence-electron chi connectivity index (χ2n) is 5.58. The number of aliphatic hydroxyl groups excluding tert-OH is 1. The summed E-state index contributed by atoms with van der Waals surface area (Å²) in [4.78, 5) is 3.77. The summed E-state index contributed by atoms with van der Waals surface area (Å²) in [6, 6.07) is 4.87. The van der Waals surface area contributed by atoms with Gasteiger partial charge in [-0.25, -0.2) is 0 Å². The molecule has 3 atom stereocenters. The van der Waals surface area contributed by atoms with Crippen molar-refractivity contribution in [3.8, 4) is 0 Å². The molecule has 3 nitrogen and oxygen atoms in total. The minimum atomic E-state index is 0.118. The van der Waals surface area contributed by atoms with Crippen LogP contribution in [0.3, 0.4) is 0 Å². The lowest BCUT2D eigenvalue weighted by atomic mass is 10.00. The molecule has 5 heteroatoms. The van der Waals surface area contributed by atoms with Crippen molar-refractivity contribution < 1.29 is 5.11 Å². The van der Waals surface area contributed by atoms with E-state index >= 15 is 0 Å². The highest BCUT2D eigenvalue weighted by atomic mass is 79.9. The van der Waals surface area contributed by atoms with Crippen molar-refractivity contribution in [3.05, 3.63) is 20.8 Å². The number of thiophene rings is 1. The summed E-state index contributed by atoms with van der Waals surface area (Å²) < 4.78 is 1.15. The quantitative estimate of drug-likeness (QED) is 0.844. The van der Waals surface area contributed by atoms with Crippen LogP contribution in [-0.2, 0) is 0 Å². The predicted octanol–water partition coefficient (Wildman–Crippen LogP) is 3.53. The number of rotatable bonds is 5. The molecule has 0 bridgehead atoms. The maximum Gasteiger partial charge on any atom is 0.0702 e. The number of halogens is 1. The van der Waals surface area contributed by atoms with Crippen molar-refractivity contribution >= 4 is 27.3 Å². The highest BCUT2D eigenvalue weighted by Crippen LogP contribution is 2.36. The molecule has 3 unspecified atom stereocenters. The third kappa shape index (κ3) is 3.83. The van der Waals surface area contributed by atoms with Gasteiger partial charge in [0.2, 0.25) is 0 Å². The first-order chi connectivity index (χ1) is 9.67. The van der Waals surface area contributed by atoms with Crippen molar-refractivity contribution in [2.24, 2.45) is 5.73 Å². The first-order valence-electron chi connectivity index (χ1n) is 7.54. The van der Waals surface area contributed by atoms with E-state index in [0.717, 1.165) is 23.2 Å². The topological polar surface area (TPSA) is 49.5 Å². The third-order valence-corrected chi connectivity index (χ3v) is 5.95. The van der Waals surface area contributed by atoms with Gasteiger partial charge < -0.3 is 10.8 Å². The Morgan fingerprint density at radius 3 is 2.85 bits per heavy atom. The van der Waals surface area contributed by atoms with Crippen LogP contribution < -0.4 is 5.73 Å². The van der Waals surface area contributed by atoms with Gasteiger partial charge in [-0.15, -0.1) is 11.3 Å². The van der Waals surface area contributed by atoms with Gasteiger partial charge in [-0.3, -0.25) is 4.90 Å². The summed E-state index contributed by atoms with van der Waals surface area (Å²) in [7, 11) is 0. The van der Waals surface area contributed by atoms with Crippen molar-refractivity contribution in [3.63, 3.8) is 0 Å². The molecular weight excluding hydrogens is 336 g/mol. The lowest BCUT2D eigenvalue weighted by Crippen LogP contribution is -2.47. The van der Waals surface area contributed by atoms with Gasteiger partial charge in [0, 0.05) is 17.0 Å². The fourth-order valence-corrected chi connectivity index (χ4v) is 4.71. The molecule has 2 rings (SSSR count). The molecule has 1 aliphatic rings. The lowest BCUT2D eigenvalue weighted by molar-refractivity contribution is 0.0729. The zero-order valence-electron chi connectivity index (χ0n) is 12.1. The minimum absolute atomic E-state index is 0.118. The number of nitrogens with two attached hydrogens (primary N) is 1. The van der Waals surface area contributed by atoms with Crippen LogP contribution in [0.25, 0.3) is 0 Å². The van der Waals surface area contributed by atoms with Crippen molar-refractivity contribution in [2.45, 2.75) is 57.2 Å². The molecule has 0 radical (unpaired) electrons. The van der Waals surface area contributed by atoms with Crippen LogP contribution in [0.2, 0.25) is 0 Å². The molecule has 3 N–H and O–H groups in total. The summed E-state index contributed by atoms with van der Waals surface area (Å²) in [5.74, 6) is 0. The van der Waals surface area contributed by atoms with E-state index in [0.29, 0.717) is 0 Å². The molecule has 114 valence electrons. The van der Waals surface area contributed by atoms with Crippen LogP contribution in [0.4, 0.5) is 0 Å². The number of nitrogens with zero attached hydrogens (tertiary/aromatic N) is 1. The van der Waals surface area contributed by atoms with Crippen LogP contribution in [0.15, 0.2) is 15.9 Å². The van der Waals surface area contributed by atoms with Gasteiger partial charge in [-0.2, -0.15) is 0 Å². The standard InChI is InChI=1S/C15H25BrN2OS/c1-2-12(17)15(13-7-8-14(16)20-13)18-9-5-3-4-6-11(18)10-19/h7-8,11-12,15,19H,2-6,9-10,17H2,1H3. The molecular formula is C15H25BrN2OS. The molecule has 1 aromatic rings. The average Bonchev–Trinajstić information content (AvgIpc) is 2.74. The Morgan fingerprint density at radius 2 is 2.25 bits per heavy atom. The van der Waals surface area contributed by atoms with Gasteiger partial charge in [0.15, 0.2) is 0 Å². The summed E-state index contributed by atoms with van der Waals surface area (Å²) in [5.41, 5.74) is 6.43. The summed E-state index contributed by atoms with van der Waals surface area (Å²) in [5, 5.41) is 9.75. The molecule has 2 heterocycles. The second-order valence-corrected chi connectivity index (χ2v) is 8.08. The number of hydrogen-bond acceptors (Lipinski definition) is 4. The Morgan fingerprint density at radius 1 is 1.45 bits per heavy atom. The van der Waals surface area contributed by atoms with Crippen molar-refractivity contribution in [1.29, 1.82) is 0 Å². The van der Waals surface area contributed by atoms with Crippen LogP contribution in [0.1, 0.15) is 49.9 Å². The van der Waals surface area contributed by atoms with Gasteiger partial charge in [-0.1, -0.05) is 19.8 Å². The Bertz CT molecular complexity index is 412. The Labute approximate surface area is 134 Å². The van der Waals surface area contributed by atoms with E-state index < -0.39 is 0 Å². The fourth-order valence-electron chi connectivity index (χ4n) is 3.09. The zero-order valence-corrected chi connectivity index (χ0v) is 14.5. The molecule has 0 saturated carbocycles. The fraction of sp³-hybridized carbons (Fsp3) is 0.733. The van der Waals surface area contributed by atoms with E-state index in [-0.39, 0.29) is 24.7 Å². The van der Waals surface area contributed by atoms with Crippen LogP contribution in [0.5, 0.6) is 0 Å². The van der Waals surface area contributed by atoms with E-state index in [9.17, 15) is 5.11 Å². The third-order valence-electron chi connectivity index (χ3n) is 4.25. The van der Waals surface area contributed by atoms with Gasteiger partial charge in [-0.05, 0) is 53.9 Å². The van der Waals surface area contributed by atoms with Gasteiger partial charge in [0.25, 0.3) is 0 Å². The Kier molecular flexibility index (Phi) is 6.49. The predicted molar refractivity (Wildman–Crippen MR) is 89.1 cm³/mol. The minimum Gasteiger partial charge on any atom is -0.395 e. The van der Waals surface area contributed by atoms with Crippen molar-refractivity contribution in [1.82, 2.24) is 4.90 Å². The molecule has 1 aromatic heterocycles. The van der Waals surface area contributed by atoms with Crippen LogP contribution in [-0.4, -0.2) is 35.2 Å². The number of aliphatic hydroxyl groups is 1. The highest BCUT2D eigenvalue weighted by Gasteiger charge is 2.32. The summed E-state index contributed by atoms with van der Waals surface area (Å²) in [6.07, 6.45) is 5.71. The molecule has 1 fully saturated rings. The SMILES string of the molecule is CCC(N)C(c1ccc(Br)s1)N1CCCCCC1CO. The molecule has 0 amide bonds. The molecule has 20 heavy (non-hydrogen) atoms. The highest BCUT2D eigenvalue weighted by molar-refractivity contribution is 9.11. The number of hydrogen-bond donors (Lipinski definition) is 2. The smallest absolute Gasteiger partial charge is 0.0702 e. The Hall–Kier alpha value is 0.0600. The molecule has 1 saturated heterocycles. The first-order valence-corrected chi connectivity index (χ1v) is 9.15. The molecule has 1 aliphatic heterocycles. The maximum absolute atomic E-state index is 9.75. The Balaban J connectivity index is 2.28. The summed E-state index contributed by atoms with van der Waals surface area (Å²) >= 11 is 5.32. The van der Waals surface area contributed by atoms with Crippen molar-refractivity contribution in [2.75, 3.05) is 13.2 Å². The largest absolute Gasteiger partial charge is 0.395 e. The average molecular weight is 361 g/mol. The molecule has 0 aromatic carbocycles. The first kappa shape index (κ1) is 16.4. The lowest BCUT2D eigenvalue weighted by Gasteiger charge is -2.38. The van der Waals surface area contributed by atoms with Gasteiger partial charge in [0.1, 0.15) is 0 Å². The van der Waals surface area contributed by atoms with Crippen LogP contribution >= 0.6 is 27.3 Å². The molecule has 0 aliphatic carbocycles. The van der Waals surface area contributed by atoms with E-state index in [1.165, 1.54) is 24.1 Å². The summed E-state index contributed by atoms with van der Waals surface area (Å²) in [6.45, 7) is 3.42. The van der Waals surface area contributed by atoms with E-state index in [1.807, 2.05) is 0 Å². The van der Waals surface area contributed by atoms with E-state index in [1.54, 1.807) is 11.3 Å². The van der Waals surface area contributed by atoms with E-state index in [4.69, 9.17) is 5.73 Å². The van der Waals surface area contributed by atoms with Gasteiger partial charge in [0.05, 0.1) is 16.4 Å². The second kappa shape index (κ2) is 7.90. The van der Waals surface area contributed by atoms with Gasteiger partial charge >= 0.3 is 0 Å². The monoisotopic (exact) mass is 360 g/mol. The van der Waals surface area contributed by atoms with E-state index in [2.05, 4.69) is 39.9 Å².